The molecule has 0 atom stereocenters. The molecule has 6 nitrogen and oxygen atoms in total. The van der Waals surface area contributed by atoms with Crippen molar-refractivity contribution in [1.29, 1.82) is 0 Å². The van der Waals surface area contributed by atoms with Crippen molar-refractivity contribution in [3.8, 4) is 0 Å². The van der Waals surface area contributed by atoms with E-state index in [1.165, 1.54) is 0 Å². The van der Waals surface area contributed by atoms with Gasteiger partial charge in [-0.3, -0.25) is 14.5 Å². The SMILES string of the molecule is O=C(O)C1CCN(C(=O)CN2CCCNCC2)CC1. The Hall–Kier alpha value is -1.14. The molecule has 19 heavy (non-hydrogen) atoms. The van der Waals surface area contributed by atoms with E-state index in [1.807, 2.05) is 4.90 Å². The van der Waals surface area contributed by atoms with Gasteiger partial charge in [0.2, 0.25) is 5.91 Å². The van der Waals surface area contributed by atoms with Crippen molar-refractivity contribution in [2.45, 2.75) is 19.3 Å². The van der Waals surface area contributed by atoms with Gasteiger partial charge in [0.25, 0.3) is 0 Å². The lowest BCUT2D eigenvalue weighted by Gasteiger charge is -2.32. The molecule has 2 heterocycles. The van der Waals surface area contributed by atoms with E-state index in [9.17, 15) is 9.59 Å². The second-order valence-electron chi connectivity index (χ2n) is 5.37. The maximum atomic E-state index is 12.2. The summed E-state index contributed by atoms with van der Waals surface area (Å²) < 4.78 is 0. The van der Waals surface area contributed by atoms with Gasteiger partial charge in [0.05, 0.1) is 12.5 Å². The highest BCUT2D eigenvalue weighted by Gasteiger charge is 2.27. The molecule has 0 saturated carbocycles. The number of hydrogen-bond donors (Lipinski definition) is 2. The summed E-state index contributed by atoms with van der Waals surface area (Å²) in [4.78, 5) is 27.0. The normalized spacial score (nSPS) is 23.1. The maximum absolute atomic E-state index is 12.2. The van der Waals surface area contributed by atoms with Gasteiger partial charge in [0.15, 0.2) is 0 Å². The number of carboxylic acids is 1. The van der Waals surface area contributed by atoms with Crippen LogP contribution in [0.5, 0.6) is 0 Å². The van der Waals surface area contributed by atoms with Gasteiger partial charge < -0.3 is 15.3 Å². The molecule has 2 rings (SSSR count). The standard InChI is InChI=1S/C13H23N3O3/c17-12(10-15-6-1-4-14-5-9-15)16-7-2-11(3-8-16)13(18)19/h11,14H,1-10H2,(H,18,19). The number of carboxylic acid groups (broad SMARTS) is 1. The average Bonchev–Trinajstić information content (AvgIpc) is 2.67. The molecule has 0 spiro atoms. The van der Waals surface area contributed by atoms with Crippen LogP contribution in [0.25, 0.3) is 0 Å². The van der Waals surface area contributed by atoms with E-state index >= 15 is 0 Å². The summed E-state index contributed by atoms with van der Waals surface area (Å²) in [7, 11) is 0. The monoisotopic (exact) mass is 269 g/mol. The summed E-state index contributed by atoms with van der Waals surface area (Å²) >= 11 is 0. The van der Waals surface area contributed by atoms with E-state index in [0.29, 0.717) is 32.5 Å². The Morgan fingerprint density at radius 3 is 2.53 bits per heavy atom. The minimum atomic E-state index is -0.731. The van der Waals surface area contributed by atoms with Crippen molar-refractivity contribution >= 4 is 11.9 Å². The molecule has 0 aromatic heterocycles. The number of aliphatic carboxylic acids is 1. The van der Waals surface area contributed by atoms with Crippen molar-refractivity contribution in [2.24, 2.45) is 5.92 Å². The zero-order chi connectivity index (χ0) is 13.7. The number of carbonyl (C=O) groups is 2. The Balaban J connectivity index is 1.76. The largest absolute Gasteiger partial charge is 0.481 e. The Bertz CT molecular complexity index is 319. The lowest BCUT2D eigenvalue weighted by molar-refractivity contribution is -0.146. The van der Waals surface area contributed by atoms with Gasteiger partial charge >= 0.3 is 5.97 Å². The molecule has 2 fully saturated rings. The van der Waals surface area contributed by atoms with Gasteiger partial charge in [-0.15, -0.1) is 0 Å². The number of nitrogens with zero attached hydrogens (tertiary/aromatic N) is 2. The van der Waals surface area contributed by atoms with Crippen molar-refractivity contribution in [1.82, 2.24) is 15.1 Å². The smallest absolute Gasteiger partial charge is 0.306 e. The summed E-state index contributed by atoms with van der Waals surface area (Å²) in [5.41, 5.74) is 0. The van der Waals surface area contributed by atoms with Gasteiger partial charge in [-0.05, 0) is 32.4 Å². The van der Waals surface area contributed by atoms with Crippen molar-refractivity contribution < 1.29 is 14.7 Å². The molecule has 0 radical (unpaired) electrons. The van der Waals surface area contributed by atoms with Gasteiger partial charge in [-0.2, -0.15) is 0 Å². The van der Waals surface area contributed by atoms with Crippen LogP contribution in [0.15, 0.2) is 0 Å². The fourth-order valence-electron chi connectivity index (χ4n) is 2.73. The second-order valence-corrected chi connectivity index (χ2v) is 5.37. The van der Waals surface area contributed by atoms with E-state index in [2.05, 4.69) is 10.2 Å². The minimum absolute atomic E-state index is 0.144. The molecule has 0 aromatic rings. The predicted octanol–water partition coefficient (Wildman–Crippen LogP) is -0.395. The number of piperidine rings is 1. The second kappa shape index (κ2) is 6.86. The molecule has 0 unspecified atom stereocenters. The van der Waals surface area contributed by atoms with Crippen LogP contribution in [0.2, 0.25) is 0 Å². The fraction of sp³-hybridized carbons (Fsp3) is 0.846. The molecule has 2 saturated heterocycles. The molecule has 6 heteroatoms. The molecule has 2 N–H and O–H groups in total. The Labute approximate surface area is 113 Å². The summed E-state index contributed by atoms with van der Waals surface area (Å²) in [6.45, 7) is 5.48. The molecule has 1 amide bonds. The molecular formula is C13H23N3O3. The van der Waals surface area contributed by atoms with Crippen LogP contribution in [0, 0.1) is 5.92 Å². The summed E-state index contributed by atoms with van der Waals surface area (Å²) in [5.74, 6) is -0.858. The molecule has 0 aromatic carbocycles. The molecule has 108 valence electrons. The first-order chi connectivity index (χ1) is 9.16. The zero-order valence-electron chi connectivity index (χ0n) is 11.3. The lowest BCUT2D eigenvalue weighted by atomic mass is 9.97. The molecular weight excluding hydrogens is 246 g/mol. The average molecular weight is 269 g/mol. The number of carbonyl (C=O) groups excluding carboxylic acids is 1. The topological polar surface area (TPSA) is 72.9 Å². The van der Waals surface area contributed by atoms with Gasteiger partial charge in [-0.25, -0.2) is 0 Å². The highest BCUT2D eigenvalue weighted by Crippen LogP contribution is 2.17. The summed E-state index contributed by atoms with van der Waals surface area (Å²) in [5, 5.41) is 12.3. The zero-order valence-corrected chi connectivity index (χ0v) is 11.3. The van der Waals surface area contributed by atoms with Crippen LogP contribution in [0.4, 0.5) is 0 Å². The number of nitrogens with one attached hydrogen (secondary N) is 1. The number of amides is 1. The minimum Gasteiger partial charge on any atom is -0.481 e. The molecule has 2 aliphatic rings. The van der Waals surface area contributed by atoms with Gasteiger partial charge in [0, 0.05) is 26.2 Å². The number of likely N-dealkylation sites (tertiary alicyclic amines) is 1. The molecule has 2 aliphatic heterocycles. The number of hydrogen-bond acceptors (Lipinski definition) is 4. The van der Waals surface area contributed by atoms with E-state index in [0.717, 1.165) is 32.6 Å². The Kier molecular flexibility index (Phi) is 5.15. The quantitative estimate of drug-likeness (QED) is 0.730. The van der Waals surface area contributed by atoms with Crippen LogP contribution >= 0.6 is 0 Å². The number of rotatable bonds is 3. The first-order valence-electron chi connectivity index (χ1n) is 7.10. The van der Waals surface area contributed by atoms with Crippen LogP contribution in [0.1, 0.15) is 19.3 Å². The fourth-order valence-corrected chi connectivity index (χ4v) is 2.73. The van der Waals surface area contributed by atoms with Gasteiger partial charge in [-0.1, -0.05) is 0 Å². The van der Waals surface area contributed by atoms with Crippen LogP contribution < -0.4 is 5.32 Å². The molecule has 0 aliphatic carbocycles. The van der Waals surface area contributed by atoms with E-state index in [1.54, 1.807) is 0 Å². The summed E-state index contributed by atoms with van der Waals surface area (Å²) in [6.07, 6.45) is 2.25. The third-order valence-electron chi connectivity index (χ3n) is 3.99. The Morgan fingerprint density at radius 2 is 1.84 bits per heavy atom. The van der Waals surface area contributed by atoms with Crippen molar-refractivity contribution in [3.63, 3.8) is 0 Å². The van der Waals surface area contributed by atoms with Crippen LogP contribution in [-0.4, -0.2) is 72.6 Å². The first-order valence-corrected chi connectivity index (χ1v) is 7.10. The summed E-state index contributed by atoms with van der Waals surface area (Å²) in [6, 6.07) is 0. The highest BCUT2D eigenvalue weighted by molar-refractivity contribution is 5.79. The third kappa shape index (κ3) is 4.18. The lowest BCUT2D eigenvalue weighted by Crippen LogP contribution is -2.45. The first kappa shape index (κ1) is 14.3. The van der Waals surface area contributed by atoms with Crippen LogP contribution in [0.3, 0.4) is 0 Å². The maximum Gasteiger partial charge on any atom is 0.306 e. The highest BCUT2D eigenvalue weighted by atomic mass is 16.4. The van der Waals surface area contributed by atoms with Gasteiger partial charge in [0.1, 0.15) is 0 Å². The van der Waals surface area contributed by atoms with Crippen molar-refractivity contribution in [2.75, 3.05) is 45.8 Å². The Morgan fingerprint density at radius 1 is 1.11 bits per heavy atom. The molecule has 0 bridgehead atoms. The van der Waals surface area contributed by atoms with E-state index < -0.39 is 5.97 Å². The third-order valence-corrected chi connectivity index (χ3v) is 3.99. The van der Waals surface area contributed by atoms with Crippen LogP contribution in [-0.2, 0) is 9.59 Å². The van der Waals surface area contributed by atoms with E-state index in [-0.39, 0.29) is 11.8 Å². The predicted molar refractivity (Wildman–Crippen MR) is 70.9 cm³/mol. The van der Waals surface area contributed by atoms with E-state index in [4.69, 9.17) is 5.11 Å². The van der Waals surface area contributed by atoms with Crippen molar-refractivity contribution in [3.05, 3.63) is 0 Å².